The normalized spacial score (nSPS) is 20.5. The van der Waals surface area contributed by atoms with E-state index >= 15 is 0 Å². The quantitative estimate of drug-likeness (QED) is 0.494. The topological polar surface area (TPSA) is 82.0 Å². The smallest absolute Gasteiger partial charge is 0.410 e. The number of anilines is 1. The van der Waals surface area contributed by atoms with Gasteiger partial charge in [-0.3, -0.25) is 0 Å². The summed E-state index contributed by atoms with van der Waals surface area (Å²) < 4.78 is 19.6. The van der Waals surface area contributed by atoms with Gasteiger partial charge in [0.15, 0.2) is 0 Å². The number of carbonyl (C=O) groups excluding carboxylic acids is 1. The van der Waals surface area contributed by atoms with Gasteiger partial charge >= 0.3 is 6.09 Å². The summed E-state index contributed by atoms with van der Waals surface area (Å²) in [6.45, 7) is 10.8. The summed E-state index contributed by atoms with van der Waals surface area (Å²) in [5, 5.41) is 0. The average Bonchev–Trinajstić information content (AvgIpc) is 3.47. The van der Waals surface area contributed by atoms with E-state index in [1.165, 1.54) is 12.8 Å². The molecule has 3 aromatic rings. The van der Waals surface area contributed by atoms with Crippen LogP contribution >= 0.6 is 0 Å². The summed E-state index contributed by atoms with van der Waals surface area (Å²) in [6.07, 6.45) is 3.76. The molecule has 2 aromatic heterocycles. The molecule has 2 fully saturated rings. The van der Waals surface area contributed by atoms with Crippen LogP contribution < -0.4 is 9.64 Å². The summed E-state index contributed by atoms with van der Waals surface area (Å²) in [4.78, 5) is 26.6. The standard InChI is InChI=1S/C28H37N5O4/c1-19-8-7-13-32(19)24-12-11-20(16-29-24)26-30-22-9-6-10-23(35-5)25(22)33(26)18-21-17-31(14-15-36-21)27(34)37-28(2,3)4/h6,9-12,16,19,21H,7-8,13-15,17-18H2,1-5H3/t19?,21-/m0/s1. The molecule has 0 saturated carbocycles. The molecule has 1 aromatic carbocycles. The SMILES string of the molecule is COc1cccc2nc(-c3ccc(N4CCCC4C)nc3)n(C[C@@H]3CN(C(=O)OC(C)(C)C)CCO3)c12. The van der Waals surface area contributed by atoms with E-state index in [1.807, 2.05) is 45.2 Å². The second kappa shape index (κ2) is 10.2. The minimum absolute atomic E-state index is 0.222. The summed E-state index contributed by atoms with van der Waals surface area (Å²) in [5.41, 5.74) is 2.12. The van der Waals surface area contributed by atoms with Crippen molar-refractivity contribution in [2.75, 3.05) is 38.3 Å². The Labute approximate surface area is 218 Å². The van der Waals surface area contributed by atoms with Gasteiger partial charge in [-0.2, -0.15) is 0 Å². The molecule has 9 nitrogen and oxygen atoms in total. The molecule has 1 unspecified atom stereocenters. The predicted molar refractivity (Wildman–Crippen MR) is 143 cm³/mol. The average molecular weight is 508 g/mol. The van der Waals surface area contributed by atoms with Gasteiger partial charge in [0, 0.05) is 30.9 Å². The van der Waals surface area contributed by atoms with Crippen molar-refractivity contribution in [1.29, 1.82) is 0 Å². The lowest BCUT2D eigenvalue weighted by molar-refractivity contribution is -0.0468. The van der Waals surface area contributed by atoms with Crippen LogP contribution in [0.4, 0.5) is 10.6 Å². The molecule has 198 valence electrons. The molecule has 1 amide bonds. The zero-order valence-corrected chi connectivity index (χ0v) is 22.4. The van der Waals surface area contributed by atoms with Gasteiger partial charge in [-0.1, -0.05) is 6.07 Å². The molecular weight excluding hydrogens is 470 g/mol. The monoisotopic (exact) mass is 507 g/mol. The Morgan fingerprint density at radius 3 is 2.70 bits per heavy atom. The van der Waals surface area contributed by atoms with E-state index < -0.39 is 5.60 Å². The number of para-hydroxylation sites is 1. The van der Waals surface area contributed by atoms with Crippen LogP contribution in [0.15, 0.2) is 36.5 Å². The Morgan fingerprint density at radius 1 is 1.19 bits per heavy atom. The fourth-order valence-corrected chi connectivity index (χ4v) is 5.20. The summed E-state index contributed by atoms with van der Waals surface area (Å²) in [5.74, 6) is 2.54. The van der Waals surface area contributed by atoms with E-state index in [-0.39, 0.29) is 12.2 Å². The van der Waals surface area contributed by atoms with Crippen molar-refractivity contribution in [3.63, 3.8) is 0 Å². The molecule has 5 rings (SSSR count). The molecule has 2 saturated heterocycles. The summed E-state index contributed by atoms with van der Waals surface area (Å²) in [7, 11) is 1.67. The van der Waals surface area contributed by atoms with Crippen molar-refractivity contribution < 1.29 is 19.0 Å². The summed E-state index contributed by atoms with van der Waals surface area (Å²) >= 11 is 0. The zero-order valence-electron chi connectivity index (χ0n) is 22.4. The third-order valence-corrected chi connectivity index (χ3v) is 6.98. The Morgan fingerprint density at radius 2 is 2.03 bits per heavy atom. The Kier molecular flexibility index (Phi) is 6.98. The number of hydrogen-bond donors (Lipinski definition) is 0. The van der Waals surface area contributed by atoms with Crippen LogP contribution in [0.25, 0.3) is 22.4 Å². The number of amides is 1. The Balaban J connectivity index is 1.46. The van der Waals surface area contributed by atoms with Gasteiger partial charge in [0.1, 0.15) is 28.5 Å². The van der Waals surface area contributed by atoms with Gasteiger partial charge < -0.3 is 28.6 Å². The first-order valence-corrected chi connectivity index (χ1v) is 13.1. The molecule has 0 spiro atoms. The second-order valence-corrected chi connectivity index (χ2v) is 10.9. The largest absolute Gasteiger partial charge is 0.494 e. The van der Waals surface area contributed by atoms with Crippen molar-refractivity contribution in [2.45, 2.75) is 64.8 Å². The first kappa shape index (κ1) is 25.3. The predicted octanol–water partition coefficient (Wildman–Crippen LogP) is 4.73. The van der Waals surface area contributed by atoms with Crippen LogP contribution in [0, 0.1) is 0 Å². The lowest BCUT2D eigenvalue weighted by Crippen LogP contribution is -2.48. The number of methoxy groups -OCH3 is 1. The zero-order chi connectivity index (χ0) is 26.2. The molecule has 9 heteroatoms. The number of nitrogens with zero attached hydrogens (tertiary/aromatic N) is 5. The molecule has 4 heterocycles. The van der Waals surface area contributed by atoms with Crippen molar-refractivity contribution in [2.24, 2.45) is 0 Å². The van der Waals surface area contributed by atoms with Gasteiger partial charge in [-0.15, -0.1) is 0 Å². The van der Waals surface area contributed by atoms with Gasteiger partial charge in [0.05, 0.1) is 38.4 Å². The molecule has 0 N–H and O–H groups in total. The van der Waals surface area contributed by atoms with Crippen LogP contribution in [0.5, 0.6) is 5.75 Å². The minimum Gasteiger partial charge on any atom is -0.494 e. The van der Waals surface area contributed by atoms with E-state index in [2.05, 4.69) is 28.5 Å². The van der Waals surface area contributed by atoms with Crippen molar-refractivity contribution in [3.05, 3.63) is 36.5 Å². The van der Waals surface area contributed by atoms with E-state index in [0.29, 0.717) is 32.3 Å². The maximum absolute atomic E-state index is 12.7. The highest BCUT2D eigenvalue weighted by Gasteiger charge is 2.30. The fourth-order valence-electron chi connectivity index (χ4n) is 5.20. The number of pyridine rings is 1. The number of imidazole rings is 1. The number of carbonyl (C=O) groups is 1. The first-order valence-electron chi connectivity index (χ1n) is 13.1. The van der Waals surface area contributed by atoms with Crippen LogP contribution in [0.1, 0.15) is 40.5 Å². The van der Waals surface area contributed by atoms with Crippen LogP contribution in [0.2, 0.25) is 0 Å². The summed E-state index contributed by atoms with van der Waals surface area (Å²) in [6, 6.07) is 10.5. The number of fused-ring (bicyclic) bond motifs is 1. The van der Waals surface area contributed by atoms with Gasteiger partial charge in [-0.05, 0) is 64.8 Å². The van der Waals surface area contributed by atoms with Crippen LogP contribution in [0.3, 0.4) is 0 Å². The first-order chi connectivity index (χ1) is 17.7. The van der Waals surface area contributed by atoms with Gasteiger partial charge in [0.2, 0.25) is 0 Å². The van der Waals surface area contributed by atoms with Crippen molar-refractivity contribution in [1.82, 2.24) is 19.4 Å². The number of rotatable bonds is 5. The third-order valence-electron chi connectivity index (χ3n) is 6.98. The van der Waals surface area contributed by atoms with E-state index in [1.54, 1.807) is 12.0 Å². The van der Waals surface area contributed by atoms with E-state index in [0.717, 1.165) is 40.5 Å². The van der Waals surface area contributed by atoms with E-state index in [4.69, 9.17) is 24.2 Å². The Bertz CT molecular complexity index is 1250. The number of morpholine rings is 1. The molecule has 2 aliphatic heterocycles. The Hall–Kier alpha value is -3.33. The second-order valence-electron chi connectivity index (χ2n) is 10.9. The number of hydrogen-bond acceptors (Lipinski definition) is 7. The molecular formula is C28H37N5O4. The highest BCUT2D eigenvalue weighted by molar-refractivity contribution is 5.86. The van der Waals surface area contributed by atoms with E-state index in [9.17, 15) is 4.79 Å². The molecule has 0 aliphatic carbocycles. The molecule has 0 bridgehead atoms. The number of aromatic nitrogens is 3. The lowest BCUT2D eigenvalue weighted by Gasteiger charge is -2.34. The van der Waals surface area contributed by atoms with Gasteiger partial charge in [-0.25, -0.2) is 14.8 Å². The molecule has 2 atom stereocenters. The maximum Gasteiger partial charge on any atom is 0.410 e. The van der Waals surface area contributed by atoms with Crippen molar-refractivity contribution in [3.8, 4) is 17.1 Å². The highest BCUT2D eigenvalue weighted by atomic mass is 16.6. The molecule has 37 heavy (non-hydrogen) atoms. The van der Waals surface area contributed by atoms with Crippen LogP contribution in [-0.4, -0.2) is 76.6 Å². The van der Waals surface area contributed by atoms with Crippen molar-refractivity contribution >= 4 is 22.9 Å². The van der Waals surface area contributed by atoms with Gasteiger partial charge in [0.25, 0.3) is 0 Å². The number of ether oxygens (including phenoxy) is 3. The third kappa shape index (κ3) is 5.37. The fraction of sp³-hybridized carbons (Fsp3) is 0.536. The molecule has 2 aliphatic rings. The molecule has 0 radical (unpaired) electrons. The van der Waals surface area contributed by atoms with Crippen LogP contribution in [-0.2, 0) is 16.0 Å². The minimum atomic E-state index is -0.544. The highest BCUT2D eigenvalue weighted by Crippen LogP contribution is 2.33. The number of benzene rings is 1. The maximum atomic E-state index is 12.7. The lowest BCUT2D eigenvalue weighted by atomic mass is 10.2.